The Morgan fingerprint density at radius 3 is 2.70 bits per heavy atom. The molecular formula is C18H14BrNO3. The van der Waals surface area contributed by atoms with Gasteiger partial charge in [-0.2, -0.15) is 0 Å². The molecule has 0 saturated carbocycles. The molecule has 0 radical (unpaired) electrons. The number of hydrogen-bond acceptors (Lipinski definition) is 4. The van der Waals surface area contributed by atoms with Crippen LogP contribution < -0.4 is 9.47 Å². The topological polar surface area (TPSA) is 44.5 Å². The highest BCUT2D eigenvalue weighted by atomic mass is 79.9. The number of halogens is 1. The van der Waals surface area contributed by atoms with Gasteiger partial charge in [0, 0.05) is 33.7 Å². The first-order valence-electron chi connectivity index (χ1n) is 7.31. The molecule has 0 fully saturated rings. The predicted octanol–water partition coefficient (Wildman–Crippen LogP) is 4.71. The molecule has 5 heteroatoms. The van der Waals surface area contributed by atoms with Crippen molar-refractivity contribution in [3.05, 3.63) is 52.5 Å². The number of rotatable bonds is 3. The van der Waals surface area contributed by atoms with Crippen molar-refractivity contribution in [2.75, 3.05) is 13.7 Å². The Labute approximate surface area is 142 Å². The van der Waals surface area contributed by atoms with Crippen LogP contribution in [0.1, 0.15) is 5.56 Å². The molecule has 0 N–H and O–H groups in total. The van der Waals surface area contributed by atoms with Crippen LogP contribution in [0.5, 0.6) is 11.5 Å². The Morgan fingerprint density at radius 2 is 1.91 bits per heavy atom. The van der Waals surface area contributed by atoms with Gasteiger partial charge in [-0.1, -0.05) is 33.2 Å². The largest absolute Gasteiger partial charge is 0.493 e. The molecule has 0 atom stereocenters. The molecule has 1 aromatic heterocycles. The van der Waals surface area contributed by atoms with E-state index >= 15 is 0 Å². The summed E-state index contributed by atoms with van der Waals surface area (Å²) in [7, 11) is 1.65. The van der Waals surface area contributed by atoms with Crippen molar-refractivity contribution in [2.24, 2.45) is 0 Å². The zero-order valence-electron chi connectivity index (χ0n) is 12.5. The lowest BCUT2D eigenvalue weighted by Crippen LogP contribution is -1.91. The van der Waals surface area contributed by atoms with Crippen LogP contribution in [0.15, 0.2) is 51.5 Å². The van der Waals surface area contributed by atoms with Gasteiger partial charge in [0.1, 0.15) is 5.69 Å². The molecule has 4 rings (SSSR count). The summed E-state index contributed by atoms with van der Waals surface area (Å²) in [5.41, 5.74) is 3.89. The summed E-state index contributed by atoms with van der Waals surface area (Å²) in [5, 5.41) is 4.20. The van der Waals surface area contributed by atoms with E-state index in [4.69, 9.17) is 14.0 Å². The Bertz CT molecular complexity index is 855. The summed E-state index contributed by atoms with van der Waals surface area (Å²) in [6, 6.07) is 13.9. The second kappa shape index (κ2) is 5.74. The van der Waals surface area contributed by atoms with Gasteiger partial charge in [-0.3, -0.25) is 0 Å². The van der Waals surface area contributed by atoms with Crippen molar-refractivity contribution in [3.63, 3.8) is 0 Å². The highest BCUT2D eigenvalue weighted by Gasteiger charge is 2.20. The van der Waals surface area contributed by atoms with E-state index in [1.807, 2.05) is 36.4 Å². The summed E-state index contributed by atoms with van der Waals surface area (Å²) in [6.07, 6.45) is 0.886. The van der Waals surface area contributed by atoms with E-state index in [9.17, 15) is 0 Å². The lowest BCUT2D eigenvalue weighted by Gasteiger charge is -2.08. The van der Waals surface area contributed by atoms with Gasteiger partial charge in [-0.05, 0) is 24.3 Å². The minimum atomic E-state index is 0.693. The zero-order chi connectivity index (χ0) is 15.8. The second-order valence-corrected chi connectivity index (χ2v) is 6.26. The third-order valence-electron chi connectivity index (χ3n) is 3.90. The van der Waals surface area contributed by atoms with Gasteiger partial charge in [0.2, 0.25) is 0 Å². The number of benzene rings is 2. The minimum absolute atomic E-state index is 0.693. The third kappa shape index (κ3) is 2.61. The van der Waals surface area contributed by atoms with E-state index in [2.05, 4.69) is 27.2 Å². The van der Waals surface area contributed by atoms with Crippen molar-refractivity contribution in [2.45, 2.75) is 6.42 Å². The Kier molecular flexibility index (Phi) is 3.58. The van der Waals surface area contributed by atoms with Crippen molar-refractivity contribution in [1.82, 2.24) is 5.16 Å². The van der Waals surface area contributed by atoms with Crippen LogP contribution in [0.3, 0.4) is 0 Å². The second-order valence-electron chi connectivity index (χ2n) is 5.35. The van der Waals surface area contributed by atoms with Gasteiger partial charge in [-0.25, -0.2) is 0 Å². The van der Waals surface area contributed by atoms with Gasteiger partial charge >= 0.3 is 0 Å². The molecule has 0 amide bonds. The van der Waals surface area contributed by atoms with Crippen LogP contribution in [0.4, 0.5) is 0 Å². The number of aromatic nitrogens is 1. The molecule has 23 heavy (non-hydrogen) atoms. The van der Waals surface area contributed by atoms with Crippen molar-refractivity contribution < 1.29 is 14.0 Å². The summed E-state index contributed by atoms with van der Waals surface area (Å²) in [4.78, 5) is 0. The maximum atomic E-state index is 5.62. The van der Waals surface area contributed by atoms with Crippen molar-refractivity contribution in [1.29, 1.82) is 0 Å². The highest BCUT2D eigenvalue weighted by molar-refractivity contribution is 9.10. The molecule has 0 spiro atoms. The minimum Gasteiger partial charge on any atom is -0.493 e. The fourth-order valence-electron chi connectivity index (χ4n) is 2.73. The first-order valence-corrected chi connectivity index (χ1v) is 8.10. The van der Waals surface area contributed by atoms with Crippen LogP contribution in [-0.2, 0) is 6.42 Å². The summed E-state index contributed by atoms with van der Waals surface area (Å²) in [6.45, 7) is 0.693. The van der Waals surface area contributed by atoms with Crippen LogP contribution >= 0.6 is 15.9 Å². The van der Waals surface area contributed by atoms with E-state index in [1.165, 1.54) is 0 Å². The van der Waals surface area contributed by atoms with Crippen molar-refractivity contribution in [3.8, 4) is 34.1 Å². The van der Waals surface area contributed by atoms with Crippen LogP contribution in [0, 0.1) is 0 Å². The summed E-state index contributed by atoms with van der Waals surface area (Å²) in [5.74, 6) is 2.32. The molecule has 1 aliphatic rings. The lowest BCUT2D eigenvalue weighted by molar-refractivity contribution is 0.326. The van der Waals surface area contributed by atoms with Gasteiger partial charge in [0.25, 0.3) is 0 Å². The standard InChI is InChI=1S/C18H14BrNO3/c1-21-17-9-13(8-12-6-7-22-18(12)17)15-10-16(23-20-15)11-2-4-14(19)5-3-11/h2-5,8-10H,6-7H2,1H3. The quantitative estimate of drug-likeness (QED) is 0.668. The smallest absolute Gasteiger partial charge is 0.167 e. The number of methoxy groups -OCH3 is 1. The molecule has 2 aromatic carbocycles. The monoisotopic (exact) mass is 371 g/mol. The Balaban J connectivity index is 1.73. The van der Waals surface area contributed by atoms with Crippen LogP contribution in [0.2, 0.25) is 0 Å². The first kappa shape index (κ1) is 14.3. The van der Waals surface area contributed by atoms with Gasteiger partial charge in [0.05, 0.1) is 13.7 Å². The molecule has 3 aromatic rings. The normalized spacial score (nSPS) is 12.8. The fraction of sp³-hybridized carbons (Fsp3) is 0.167. The van der Waals surface area contributed by atoms with Gasteiger partial charge in [-0.15, -0.1) is 0 Å². The molecule has 0 aliphatic carbocycles. The van der Waals surface area contributed by atoms with E-state index in [0.29, 0.717) is 6.61 Å². The van der Waals surface area contributed by atoms with Gasteiger partial charge in [0.15, 0.2) is 17.3 Å². The maximum Gasteiger partial charge on any atom is 0.167 e. The number of fused-ring (bicyclic) bond motifs is 1. The molecule has 0 unspecified atom stereocenters. The zero-order valence-corrected chi connectivity index (χ0v) is 14.1. The maximum absolute atomic E-state index is 5.62. The third-order valence-corrected chi connectivity index (χ3v) is 4.43. The first-order chi connectivity index (χ1) is 11.2. The van der Waals surface area contributed by atoms with E-state index < -0.39 is 0 Å². The van der Waals surface area contributed by atoms with Crippen molar-refractivity contribution >= 4 is 15.9 Å². The van der Waals surface area contributed by atoms with E-state index in [0.717, 1.165) is 50.5 Å². The molecule has 4 nitrogen and oxygen atoms in total. The predicted molar refractivity (Wildman–Crippen MR) is 90.8 cm³/mol. The molecule has 116 valence electrons. The number of nitrogens with zero attached hydrogens (tertiary/aromatic N) is 1. The molecule has 1 aliphatic heterocycles. The fourth-order valence-corrected chi connectivity index (χ4v) is 3.00. The average Bonchev–Trinajstić information content (AvgIpc) is 3.23. The number of hydrogen-bond donors (Lipinski definition) is 0. The molecular weight excluding hydrogens is 358 g/mol. The van der Waals surface area contributed by atoms with E-state index in [-0.39, 0.29) is 0 Å². The highest BCUT2D eigenvalue weighted by Crippen LogP contribution is 2.40. The molecule has 2 heterocycles. The Hall–Kier alpha value is -2.27. The van der Waals surface area contributed by atoms with E-state index in [1.54, 1.807) is 7.11 Å². The van der Waals surface area contributed by atoms with Crippen LogP contribution in [-0.4, -0.2) is 18.9 Å². The average molecular weight is 372 g/mol. The Morgan fingerprint density at radius 1 is 1.09 bits per heavy atom. The SMILES string of the molecule is COc1cc(-c2cc(-c3ccc(Br)cc3)on2)cc2c1OCC2. The van der Waals surface area contributed by atoms with Crippen LogP contribution in [0.25, 0.3) is 22.6 Å². The molecule has 0 bridgehead atoms. The lowest BCUT2D eigenvalue weighted by atomic mass is 10.0. The summed E-state index contributed by atoms with van der Waals surface area (Å²) < 4.78 is 17.6. The molecule has 0 saturated heterocycles. The number of ether oxygens (including phenoxy) is 2. The summed E-state index contributed by atoms with van der Waals surface area (Å²) >= 11 is 3.43. The van der Waals surface area contributed by atoms with Gasteiger partial charge < -0.3 is 14.0 Å².